The van der Waals surface area contributed by atoms with Crippen molar-refractivity contribution < 1.29 is 9.63 Å². The second-order valence-corrected chi connectivity index (χ2v) is 6.19. The van der Waals surface area contributed by atoms with Gasteiger partial charge in [0.2, 0.25) is 5.89 Å². The Bertz CT molecular complexity index is 413. The maximum Gasteiger partial charge on any atom is 0.232 e. The van der Waals surface area contributed by atoms with Crippen LogP contribution >= 0.6 is 0 Å². The van der Waals surface area contributed by atoms with Gasteiger partial charge in [-0.15, -0.1) is 0 Å². The maximum absolute atomic E-state index is 9.96. The van der Waals surface area contributed by atoms with Crippen molar-refractivity contribution in [1.82, 2.24) is 10.1 Å². The smallest absolute Gasteiger partial charge is 0.232 e. The molecule has 0 radical (unpaired) electrons. The minimum atomic E-state index is -0.302. The van der Waals surface area contributed by atoms with Gasteiger partial charge < -0.3 is 9.63 Å². The molecule has 1 aromatic rings. The second kappa shape index (κ2) is 3.80. The van der Waals surface area contributed by atoms with E-state index in [9.17, 15) is 5.11 Å². The minimum Gasteiger partial charge on any atom is -0.392 e. The predicted molar refractivity (Wildman–Crippen MR) is 62.7 cm³/mol. The first-order valence-corrected chi connectivity index (χ1v) is 6.59. The lowest BCUT2D eigenvalue weighted by Gasteiger charge is -2.24. The fourth-order valence-electron chi connectivity index (χ4n) is 2.85. The van der Waals surface area contributed by atoms with Crippen LogP contribution in [0.5, 0.6) is 0 Å². The monoisotopic (exact) mass is 236 g/mol. The Morgan fingerprint density at radius 1 is 1.29 bits per heavy atom. The lowest BCUT2D eigenvalue weighted by molar-refractivity contribution is 0.0908. The molecule has 94 valence electrons. The number of nitrogens with zero attached hydrogens (tertiary/aromatic N) is 2. The highest BCUT2D eigenvalue weighted by Gasteiger charge is 2.49. The average molecular weight is 236 g/mol. The summed E-state index contributed by atoms with van der Waals surface area (Å²) in [5.74, 6) is 1.99. The lowest BCUT2D eigenvalue weighted by atomic mass is 9.86. The van der Waals surface area contributed by atoms with Crippen molar-refractivity contribution in [2.24, 2.45) is 5.41 Å². The van der Waals surface area contributed by atoms with Gasteiger partial charge in [-0.2, -0.15) is 4.98 Å². The molecule has 3 rings (SSSR count). The lowest BCUT2D eigenvalue weighted by Crippen LogP contribution is -2.22. The number of hydrogen-bond donors (Lipinski definition) is 1. The molecule has 2 aliphatic rings. The molecule has 4 nitrogen and oxygen atoms in total. The van der Waals surface area contributed by atoms with Gasteiger partial charge in [0.1, 0.15) is 0 Å². The summed E-state index contributed by atoms with van der Waals surface area (Å²) in [6, 6.07) is 0. The Kier molecular flexibility index (Phi) is 2.51. The van der Waals surface area contributed by atoms with Crippen LogP contribution in [0.15, 0.2) is 4.52 Å². The first-order chi connectivity index (χ1) is 8.08. The van der Waals surface area contributed by atoms with E-state index in [1.807, 2.05) is 0 Å². The first kappa shape index (κ1) is 11.2. The van der Waals surface area contributed by atoms with Gasteiger partial charge in [0.15, 0.2) is 5.82 Å². The molecule has 0 saturated heterocycles. The molecule has 2 fully saturated rings. The van der Waals surface area contributed by atoms with Crippen LogP contribution in [0.3, 0.4) is 0 Å². The van der Waals surface area contributed by atoms with Crippen molar-refractivity contribution in [2.75, 3.05) is 0 Å². The summed E-state index contributed by atoms with van der Waals surface area (Å²) >= 11 is 0. The fourth-order valence-corrected chi connectivity index (χ4v) is 2.85. The van der Waals surface area contributed by atoms with Gasteiger partial charge in [-0.25, -0.2) is 0 Å². The van der Waals surface area contributed by atoms with Crippen LogP contribution in [0.4, 0.5) is 0 Å². The highest BCUT2D eigenvalue weighted by Crippen LogP contribution is 2.57. The molecule has 0 bridgehead atoms. The quantitative estimate of drug-likeness (QED) is 0.857. The van der Waals surface area contributed by atoms with Crippen LogP contribution in [0.25, 0.3) is 0 Å². The first-order valence-electron chi connectivity index (χ1n) is 6.59. The number of hydrogen-bond acceptors (Lipinski definition) is 4. The molecular formula is C13H20N2O2. The molecule has 3 atom stereocenters. The van der Waals surface area contributed by atoms with Crippen molar-refractivity contribution in [3.05, 3.63) is 11.7 Å². The zero-order valence-electron chi connectivity index (χ0n) is 10.5. The third-order valence-corrected chi connectivity index (χ3v) is 4.33. The maximum atomic E-state index is 9.96. The molecule has 1 N–H and O–H groups in total. The van der Waals surface area contributed by atoms with Crippen LogP contribution in [-0.4, -0.2) is 21.4 Å². The standard InChI is InChI=1S/C13H20N2O2/c1-13(2)7-9(13)11-14-12(17-15-11)8-5-3-4-6-10(8)16/h8-10,16H,3-7H2,1-2H3. The summed E-state index contributed by atoms with van der Waals surface area (Å²) < 4.78 is 5.35. The van der Waals surface area contributed by atoms with Gasteiger partial charge in [-0.1, -0.05) is 31.8 Å². The van der Waals surface area contributed by atoms with E-state index in [-0.39, 0.29) is 12.0 Å². The largest absolute Gasteiger partial charge is 0.392 e. The van der Waals surface area contributed by atoms with Crippen molar-refractivity contribution in [3.8, 4) is 0 Å². The molecule has 4 heteroatoms. The summed E-state index contributed by atoms with van der Waals surface area (Å²) in [5, 5.41) is 14.0. The molecule has 3 unspecified atom stereocenters. The van der Waals surface area contributed by atoms with E-state index in [2.05, 4.69) is 24.0 Å². The van der Waals surface area contributed by atoms with Crippen molar-refractivity contribution in [1.29, 1.82) is 0 Å². The number of rotatable bonds is 2. The van der Waals surface area contributed by atoms with Crippen LogP contribution in [0, 0.1) is 5.41 Å². The number of aromatic nitrogens is 2. The molecule has 1 heterocycles. The van der Waals surface area contributed by atoms with Crippen LogP contribution in [0.2, 0.25) is 0 Å². The number of aliphatic hydroxyl groups excluding tert-OH is 1. The zero-order chi connectivity index (χ0) is 12.0. The van der Waals surface area contributed by atoms with E-state index in [0.717, 1.165) is 37.9 Å². The number of aliphatic hydroxyl groups is 1. The van der Waals surface area contributed by atoms with Crippen LogP contribution < -0.4 is 0 Å². The van der Waals surface area contributed by atoms with Gasteiger partial charge in [-0.3, -0.25) is 0 Å². The van der Waals surface area contributed by atoms with E-state index in [0.29, 0.717) is 17.2 Å². The Morgan fingerprint density at radius 3 is 2.65 bits per heavy atom. The minimum absolute atomic E-state index is 0.0619. The molecule has 1 aromatic heterocycles. The molecule has 0 aliphatic heterocycles. The topological polar surface area (TPSA) is 59.2 Å². The van der Waals surface area contributed by atoms with E-state index < -0.39 is 0 Å². The molecule has 0 aromatic carbocycles. The Hall–Kier alpha value is -0.900. The van der Waals surface area contributed by atoms with Crippen LogP contribution in [0.1, 0.15) is 69.5 Å². The summed E-state index contributed by atoms with van der Waals surface area (Å²) in [5.41, 5.74) is 0.326. The van der Waals surface area contributed by atoms with Crippen molar-refractivity contribution in [3.63, 3.8) is 0 Å². The Balaban J connectivity index is 1.76. The molecule has 0 amide bonds. The average Bonchev–Trinajstić information content (AvgIpc) is 2.76. The Labute approximate surface area is 101 Å². The van der Waals surface area contributed by atoms with E-state index >= 15 is 0 Å². The van der Waals surface area contributed by atoms with Gasteiger partial charge >= 0.3 is 0 Å². The molecular weight excluding hydrogens is 216 g/mol. The van der Waals surface area contributed by atoms with Gasteiger partial charge in [0, 0.05) is 5.92 Å². The predicted octanol–water partition coefficient (Wildman–Crippen LogP) is 2.60. The molecule has 17 heavy (non-hydrogen) atoms. The van der Waals surface area contributed by atoms with Gasteiger partial charge in [0.25, 0.3) is 0 Å². The van der Waals surface area contributed by atoms with Gasteiger partial charge in [-0.05, 0) is 24.7 Å². The second-order valence-electron chi connectivity index (χ2n) is 6.19. The Morgan fingerprint density at radius 2 is 2.00 bits per heavy atom. The third-order valence-electron chi connectivity index (χ3n) is 4.33. The normalized spacial score (nSPS) is 35.8. The molecule has 2 saturated carbocycles. The van der Waals surface area contributed by atoms with E-state index in [4.69, 9.17) is 4.52 Å². The van der Waals surface area contributed by atoms with Crippen LogP contribution in [-0.2, 0) is 0 Å². The van der Waals surface area contributed by atoms with E-state index in [1.54, 1.807) is 0 Å². The highest BCUT2D eigenvalue weighted by atomic mass is 16.5. The fraction of sp³-hybridized carbons (Fsp3) is 0.846. The highest BCUT2D eigenvalue weighted by molar-refractivity contribution is 5.15. The van der Waals surface area contributed by atoms with E-state index in [1.165, 1.54) is 0 Å². The summed E-state index contributed by atoms with van der Waals surface area (Å²) in [4.78, 5) is 4.50. The van der Waals surface area contributed by atoms with Crippen molar-refractivity contribution in [2.45, 2.75) is 63.9 Å². The zero-order valence-corrected chi connectivity index (χ0v) is 10.5. The summed E-state index contributed by atoms with van der Waals surface area (Å²) in [6.07, 6.45) is 4.92. The third kappa shape index (κ3) is 1.99. The molecule has 2 aliphatic carbocycles. The molecule has 0 spiro atoms. The van der Waals surface area contributed by atoms with Gasteiger partial charge in [0.05, 0.1) is 12.0 Å². The summed E-state index contributed by atoms with van der Waals surface area (Å²) in [7, 11) is 0. The summed E-state index contributed by atoms with van der Waals surface area (Å²) in [6.45, 7) is 4.45. The van der Waals surface area contributed by atoms with Crippen molar-refractivity contribution >= 4 is 0 Å². The SMILES string of the molecule is CC1(C)CC1c1noc(C2CCCCC2O)n1.